The molecule has 0 amide bonds. The zero-order valence-electron chi connectivity index (χ0n) is 10.6. The van der Waals surface area contributed by atoms with Crippen LogP contribution < -0.4 is 4.90 Å². The fraction of sp³-hybridized carbons (Fsp3) is 0.545. The SMILES string of the molecule is Cc1cc(C(=O)O)nc(N(C)CCN(C)C)n1. The van der Waals surface area contributed by atoms with Crippen molar-refractivity contribution in [2.75, 3.05) is 39.1 Å². The summed E-state index contributed by atoms with van der Waals surface area (Å²) in [6.07, 6.45) is 0. The number of aromatic carboxylic acids is 1. The molecule has 1 rings (SSSR count). The molecular weight excluding hydrogens is 220 g/mol. The molecule has 0 radical (unpaired) electrons. The van der Waals surface area contributed by atoms with Gasteiger partial charge in [-0.15, -0.1) is 0 Å². The topological polar surface area (TPSA) is 69.6 Å². The second-order valence-corrected chi connectivity index (χ2v) is 4.22. The van der Waals surface area contributed by atoms with E-state index in [4.69, 9.17) is 5.11 Å². The van der Waals surface area contributed by atoms with E-state index in [-0.39, 0.29) is 5.69 Å². The third-order valence-corrected chi connectivity index (χ3v) is 2.29. The molecule has 6 heteroatoms. The molecule has 0 aliphatic rings. The third kappa shape index (κ3) is 3.99. The number of carbonyl (C=O) groups is 1. The Kier molecular flexibility index (Phi) is 4.39. The van der Waals surface area contributed by atoms with E-state index >= 15 is 0 Å². The fourth-order valence-corrected chi connectivity index (χ4v) is 1.28. The maximum atomic E-state index is 10.9. The molecule has 1 aromatic rings. The van der Waals surface area contributed by atoms with Crippen LogP contribution in [0.2, 0.25) is 0 Å². The lowest BCUT2D eigenvalue weighted by atomic mass is 10.3. The molecule has 1 heterocycles. The first-order valence-corrected chi connectivity index (χ1v) is 5.35. The molecule has 6 nitrogen and oxygen atoms in total. The summed E-state index contributed by atoms with van der Waals surface area (Å²) >= 11 is 0. The van der Waals surface area contributed by atoms with Crippen LogP contribution in [0, 0.1) is 6.92 Å². The molecule has 0 fully saturated rings. The maximum absolute atomic E-state index is 10.9. The van der Waals surface area contributed by atoms with Gasteiger partial charge in [-0.2, -0.15) is 0 Å². The van der Waals surface area contributed by atoms with Crippen LogP contribution in [0.15, 0.2) is 6.07 Å². The summed E-state index contributed by atoms with van der Waals surface area (Å²) in [4.78, 5) is 23.0. The quantitative estimate of drug-likeness (QED) is 0.804. The molecule has 0 saturated heterocycles. The number of rotatable bonds is 5. The summed E-state index contributed by atoms with van der Waals surface area (Å²) in [7, 11) is 5.81. The molecule has 0 atom stereocenters. The maximum Gasteiger partial charge on any atom is 0.354 e. The zero-order chi connectivity index (χ0) is 13.0. The first-order valence-electron chi connectivity index (χ1n) is 5.35. The lowest BCUT2D eigenvalue weighted by Gasteiger charge is -2.19. The molecule has 1 aromatic heterocycles. The van der Waals surface area contributed by atoms with Crippen molar-refractivity contribution < 1.29 is 9.90 Å². The van der Waals surface area contributed by atoms with Crippen molar-refractivity contribution in [2.45, 2.75) is 6.92 Å². The van der Waals surface area contributed by atoms with Crippen LogP contribution in [-0.2, 0) is 0 Å². The molecule has 0 aliphatic heterocycles. The summed E-state index contributed by atoms with van der Waals surface area (Å²) < 4.78 is 0. The molecule has 17 heavy (non-hydrogen) atoms. The highest BCUT2D eigenvalue weighted by Gasteiger charge is 2.11. The van der Waals surface area contributed by atoms with Crippen molar-refractivity contribution in [3.05, 3.63) is 17.5 Å². The minimum Gasteiger partial charge on any atom is -0.477 e. The van der Waals surface area contributed by atoms with Crippen LogP contribution in [-0.4, -0.2) is 60.2 Å². The van der Waals surface area contributed by atoms with Crippen LogP contribution in [0.3, 0.4) is 0 Å². The lowest BCUT2D eigenvalue weighted by molar-refractivity contribution is 0.0690. The standard InChI is InChI=1S/C11H18N4O2/c1-8-7-9(10(16)17)13-11(12-8)15(4)6-5-14(2)3/h7H,5-6H2,1-4H3,(H,16,17). The number of nitrogens with zero attached hydrogens (tertiary/aromatic N) is 4. The van der Waals surface area contributed by atoms with Crippen molar-refractivity contribution in [3.63, 3.8) is 0 Å². The average Bonchev–Trinajstić information content (AvgIpc) is 2.24. The molecule has 0 bridgehead atoms. The molecule has 94 valence electrons. The van der Waals surface area contributed by atoms with E-state index in [1.165, 1.54) is 6.07 Å². The fourth-order valence-electron chi connectivity index (χ4n) is 1.28. The van der Waals surface area contributed by atoms with Crippen LogP contribution in [0.25, 0.3) is 0 Å². The third-order valence-electron chi connectivity index (χ3n) is 2.29. The highest BCUT2D eigenvalue weighted by molar-refractivity contribution is 5.85. The predicted octanol–water partition coefficient (Wildman–Crippen LogP) is 0.481. The number of hydrogen-bond acceptors (Lipinski definition) is 5. The van der Waals surface area contributed by atoms with Crippen molar-refractivity contribution in [3.8, 4) is 0 Å². The lowest BCUT2D eigenvalue weighted by Crippen LogP contribution is -2.30. The molecule has 0 spiro atoms. The number of aryl methyl sites for hydroxylation is 1. The highest BCUT2D eigenvalue weighted by atomic mass is 16.4. The molecule has 0 saturated carbocycles. The van der Waals surface area contributed by atoms with Gasteiger partial charge in [0.2, 0.25) is 5.95 Å². The Hall–Kier alpha value is -1.69. The largest absolute Gasteiger partial charge is 0.477 e. The molecular formula is C11H18N4O2. The van der Waals surface area contributed by atoms with Crippen LogP contribution in [0.1, 0.15) is 16.2 Å². The molecule has 0 unspecified atom stereocenters. The summed E-state index contributed by atoms with van der Waals surface area (Å²) in [6, 6.07) is 1.46. The van der Waals surface area contributed by atoms with Crippen molar-refractivity contribution in [1.82, 2.24) is 14.9 Å². The van der Waals surface area contributed by atoms with Crippen molar-refractivity contribution >= 4 is 11.9 Å². The smallest absolute Gasteiger partial charge is 0.354 e. The molecule has 0 aliphatic carbocycles. The van der Waals surface area contributed by atoms with Gasteiger partial charge in [-0.3, -0.25) is 0 Å². The number of carboxylic acid groups (broad SMARTS) is 1. The van der Waals surface area contributed by atoms with Gasteiger partial charge in [-0.1, -0.05) is 0 Å². The van der Waals surface area contributed by atoms with E-state index in [1.54, 1.807) is 6.92 Å². The second-order valence-electron chi connectivity index (χ2n) is 4.22. The number of carboxylic acids is 1. The molecule has 0 aromatic carbocycles. The second kappa shape index (κ2) is 5.58. The van der Waals surface area contributed by atoms with Gasteiger partial charge < -0.3 is 14.9 Å². The highest BCUT2D eigenvalue weighted by Crippen LogP contribution is 2.08. The van der Waals surface area contributed by atoms with Gasteiger partial charge in [0.05, 0.1) is 0 Å². The van der Waals surface area contributed by atoms with E-state index in [2.05, 4.69) is 9.97 Å². The minimum atomic E-state index is -1.03. The number of aromatic nitrogens is 2. The summed E-state index contributed by atoms with van der Waals surface area (Å²) in [5.41, 5.74) is 0.688. The Morgan fingerprint density at radius 2 is 1.94 bits per heavy atom. The number of likely N-dealkylation sites (N-methyl/N-ethyl adjacent to an activating group) is 2. The summed E-state index contributed by atoms with van der Waals surface area (Å²) in [5, 5.41) is 8.92. The first-order chi connectivity index (χ1) is 7.90. The van der Waals surface area contributed by atoms with Gasteiger partial charge in [0.1, 0.15) is 0 Å². The Bertz CT molecular complexity index is 406. The van der Waals surface area contributed by atoms with Crippen LogP contribution in [0.5, 0.6) is 0 Å². The van der Waals surface area contributed by atoms with E-state index in [1.807, 2.05) is 30.9 Å². The zero-order valence-corrected chi connectivity index (χ0v) is 10.6. The van der Waals surface area contributed by atoms with Gasteiger partial charge in [0.15, 0.2) is 5.69 Å². The van der Waals surface area contributed by atoms with Gasteiger partial charge in [-0.25, -0.2) is 14.8 Å². The van der Waals surface area contributed by atoms with Gasteiger partial charge >= 0.3 is 5.97 Å². The Morgan fingerprint density at radius 1 is 1.29 bits per heavy atom. The average molecular weight is 238 g/mol. The molecule has 1 N–H and O–H groups in total. The van der Waals surface area contributed by atoms with Crippen molar-refractivity contribution in [1.29, 1.82) is 0 Å². The normalized spacial score (nSPS) is 10.6. The number of hydrogen-bond donors (Lipinski definition) is 1. The van der Waals surface area contributed by atoms with Crippen LogP contribution in [0.4, 0.5) is 5.95 Å². The Balaban J connectivity index is 2.86. The summed E-state index contributed by atoms with van der Waals surface area (Å²) in [5.74, 6) is -0.581. The van der Waals surface area contributed by atoms with E-state index in [0.29, 0.717) is 11.6 Å². The van der Waals surface area contributed by atoms with Gasteiger partial charge in [0.25, 0.3) is 0 Å². The predicted molar refractivity (Wildman–Crippen MR) is 65.6 cm³/mol. The van der Waals surface area contributed by atoms with E-state index in [9.17, 15) is 4.79 Å². The Labute approximate surface area is 101 Å². The van der Waals surface area contributed by atoms with Crippen LogP contribution >= 0.6 is 0 Å². The van der Waals surface area contributed by atoms with E-state index < -0.39 is 5.97 Å². The Morgan fingerprint density at radius 3 is 2.47 bits per heavy atom. The van der Waals surface area contributed by atoms with Gasteiger partial charge in [0, 0.05) is 25.8 Å². The minimum absolute atomic E-state index is 0.0317. The number of anilines is 1. The van der Waals surface area contributed by atoms with Gasteiger partial charge in [-0.05, 0) is 27.1 Å². The monoisotopic (exact) mass is 238 g/mol. The summed E-state index contributed by atoms with van der Waals surface area (Å²) in [6.45, 7) is 3.36. The van der Waals surface area contributed by atoms with Crippen molar-refractivity contribution in [2.24, 2.45) is 0 Å². The first kappa shape index (κ1) is 13.4. The van der Waals surface area contributed by atoms with E-state index in [0.717, 1.165) is 13.1 Å².